The SMILES string of the molecule is F/C=C(\F)CCCCC/C(F)=C/F. The van der Waals surface area contributed by atoms with Gasteiger partial charge in [-0.15, -0.1) is 0 Å². The van der Waals surface area contributed by atoms with E-state index >= 15 is 0 Å². The molecule has 0 N–H and O–H groups in total. The number of hydrogen-bond donors (Lipinski definition) is 0. The smallest absolute Gasteiger partial charge is 0.128 e. The Balaban J connectivity index is 3.27. The lowest BCUT2D eigenvalue weighted by Crippen LogP contribution is -1.80. The molecule has 0 aromatic rings. The maximum absolute atomic E-state index is 12.1. The van der Waals surface area contributed by atoms with Gasteiger partial charge in [-0.1, -0.05) is 6.42 Å². The van der Waals surface area contributed by atoms with Crippen LogP contribution in [0.2, 0.25) is 0 Å². The van der Waals surface area contributed by atoms with E-state index in [9.17, 15) is 17.6 Å². The predicted octanol–water partition coefficient (Wildman–Crippen LogP) is 4.50. The first-order valence-electron chi connectivity index (χ1n) is 4.10. The van der Waals surface area contributed by atoms with Gasteiger partial charge < -0.3 is 0 Å². The molecule has 0 fully saturated rings. The summed E-state index contributed by atoms with van der Waals surface area (Å²) in [5.74, 6) is -1.61. The van der Waals surface area contributed by atoms with Crippen LogP contribution < -0.4 is 0 Å². The summed E-state index contributed by atoms with van der Waals surface area (Å²) < 4.78 is 47.1. The largest absolute Gasteiger partial charge is 0.213 e. The second-order valence-corrected chi connectivity index (χ2v) is 2.67. The molecule has 4 heteroatoms. The summed E-state index contributed by atoms with van der Waals surface area (Å²) in [5.41, 5.74) is 0. The molecule has 76 valence electrons. The van der Waals surface area contributed by atoms with Crippen LogP contribution in [0.4, 0.5) is 17.6 Å². The molecule has 0 nitrogen and oxygen atoms in total. The van der Waals surface area contributed by atoms with Crippen LogP contribution in [0.15, 0.2) is 24.3 Å². The molecule has 0 aliphatic carbocycles. The second kappa shape index (κ2) is 7.83. The van der Waals surface area contributed by atoms with Gasteiger partial charge in [-0.2, -0.15) is 0 Å². The summed E-state index contributed by atoms with van der Waals surface area (Å²) in [5, 5.41) is 0. The molecule has 0 aromatic carbocycles. The third-order valence-electron chi connectivity index (χ3n) is 1.57. The van der Waals surface area contributed by atoms with Crippen LogP contribution in [0, 0.1) is 0 Å². The van der Waals surface area contributed by atoms with E-state index in [1.54, 1.807) is 0 Å². The fourth-order valence-corrected chi connectivity index (χ4v) is 0.874. The summed E-state index contributed by atoms with van der Waals surface area (Å²) in [6.07, 6.45) is 1.35. The highest BCUT2D eigenvalue weighted by molar-refractivity contribution is 4.85. The van der Waals surface area contributed by atoms with E-state index in [0.717, 1.165) is 0 Å². The van der Waals surface area contributed by atoms with Crippen LogP contribution in [0.25, 0.3) is 0 Å². The zero-order valence-electron chi connectivity index (χ0n) is 7.20. The highest BCUT2D eigenvalue weighted by atomic mass is 19.2. The minimum absolute atomic E-state index is 0.0253. The molecule has 0 unspecified atom stereocenters. The highest BCUT2D eigenvalue weighted by Crippen LogP contribution is 2.14. The number of rotatable bonds is 6. The van der Waals surface area contributed by atoms with Crippen molar-refractivity contribution in [2.45, 2.75) is 32.1 Å². The molecule has 0 atom stereocenters. The Bertz CT molecular complexity index is 164. The van der Waals surface area contributed by atoms with Crippen LogP contribution in [0.5, 0.6) is 0 Å². The van der Waals surface area contributed by atoms with Gasteiger partial charge in [-0.05, 0) is 12.8 Å². The van der Waals surface area contributed by atoms with Gasteiger partial charge in [-0.25, -0.2) is 17.6 Å². The van der Waals surface area contributed by atoms with Crippen LogP contribution in [-0.4, -0.2) is 0 Å². The van der Waals surface area contributed by atoms with E-state index in [4.69, 9.17) is 0 Å². The monoisotopic (exact) mass is 196 g/mol. The van der Waals surface area contributed by atoms with Crippen molar-refractivity contribution in [2.75, 3.05) is 0 Å². The molecule has 13 heavy (non-hydrogen) atoms. The van der Waals surface area contributed by atoms with Gasteiger partial charge in [-0.3, -0.25) is 0 Å². The lowest BCUT2D eigenvalue weighted by molar-refractivity contribution is 0.502. The minimum atomic E-state index is -0.804. The molecule has 0 spiro atoms. The van der Waals surface area contributed by atoms with Gasteiger partial charge in [0.25, 0.3) is 0 Å². The third kappa shape index (κ3) is 7.56. The van der Waals surface area contributed by atoms with Crippen LogP contribution in [0.1, 0.15) is 32.1 Å². The van der Waals surface area contributed by atoms with Crippen LogP contribution in [-0.2, 0) is 0 Å². The molecule has 0 bridgehead atoms. The van der Waals surface area contributed by atoms with Gasteiger partial charge >= 0.3 is 0 Å². The zero-order valence-corrected chi connectivity index (χ0v) is 7.20. The van der Waals surface area contributed by atoms with E-state index in [1.807, 2.05) is 0 Å². The van der Waals surface area contributed by atoms with Gasteiger partial charge in [0.1, 0.15) is 24.3 Å². The predicted molar refractivity (Wildman–Crippen MR) is 43.7 cm³/mol. The van der Waals surface area contributed by atoms with Gasteiger partial charge in [0.15, 0.2) is 0 Å². The van der Waals surface area contributed by atoms with Gasteiger partial charge in [0.05, 0.1) is 0 Å². The standard InChI is InChI=1S/C9H12F4/c10-6-8(12)4-2-1-3-5-9(13)7-11/h6-7H,1-5H2/b8-6-,9-7-. The number of unbranched alkanes of at least 4 members (excludes halogenated alkanes) is 2. The maximum Gasteiger partial charge on any atom is 0.128 e. The molecular formula is C9H12F4. The summed E-state index contributed by atoms with van der Waals surface area (Å²) in [6, 6.07) is 0. The van der Waals surface area contributed by atoms with Gasteiger partial charge in [0, 0.05) is 12.8 Å². The molecular weight excluding hydrogens is 184 g/mol. The van der Waals surface area contributed by atoms with Crippen molar-refractivity contribution < 1.29 is 17.6 Å². The number of allylic oxidation sites excluding steroid dienone is 2. The topological polar surface area (TPSA) is 0 Å². The lowest BCUT2D eigenvalue weighted by atomic mass is 10.1. The Kier molecular flexibility index (Phi) is 7.35. The molecule has 0 radical (unpaired) electrons. The van der Waals surface area contributed by atoms with Crippen molar-refractivity contribution in [1.29, 1.82) is 0 Å². The van der Waals surface area contributed by atoms with Crippen molar-refractivity contribution in [3.63, 3.8) is 0 Å². The average Bonchev–Trinajstić information content (AvgIpc) is 2.16. The second-order valence-electron chi connectivity index (χ2n) is 2.67. The summed E-state index contributed by atoms with van der Waals surface area (Å²) >= 11 is 0. The van der Waals surface area contributed by atoms with Crippen LogP contribution in [0.3, 0.4) is 0 Å². The lowest BCUT2D eigenvalue weighted by Gasteiger charge is -1.97. The first kappa shape index (κ1) is 12.2. The Hall–Kier alpha value is -0.800. The van der Waals surface area contributed by atoms with E-state index in [0.29, 0.717) is 19.3 Å². The quantitative estimate of drug-likeness (QED) is 0.433. The molecule has 0 amide bonds. The number of hydrogen-bond acceptors (Lipinski definition) is 0. The highest BCUT2D eigenvalue weighted by Gasteiger charge is 1.97. The minimum Gasteiger partial charge on any atom is -0.213 e. The Morgan fingerprint density at radius 3 is 1.46 bits per heavy atom. The molecule has 0 aliphatic rings. The Labute approximate surface area is 74.9 Å². The van der Waals surface area contributed by atoms with E-state index in [-0.39, 0.29) is 25.5 Å². The zero-order chi connectivity index (χ0) is 10.1. The normalized spacial score (nSPS) is 13.5. The summed E-state index contributed by atoms with van der Waals surface area (Å²) in [4.78, 5) is 0. The fraction of sp³-hybridized carbons (Fsp3) is 0.556. The summed E-state index contributed by atoms with van der Waals surface area (Å²) in [7, 11) is 0. The van der Waals surface area contributed by atoms with E-state index in [2.05, 4.69) is 0 Å². The van der Waals surface area contributed by atoms with Crippen LogP contribution >= 0.6 is 0 Å². The Morgan fingerprint density at radius 2 is 1.15 bits per heavy atom. The molecule has 0 saturated heterocycles. The maximum atomic E-state index is 12.1. The molecule has 0 saturated carbocycles. The third-order valence-corrected chi connectivity index (χ3v) is 1.57. The summed E-state index contributed by atoms with van der Waals surface area (Å²) in [6.45, 7) is 0. The number of halogens is 4. The van der Waals surface area contributed by atoms with Crippen molar-refractivity contribution in [3.8, 4) is 0 Å². The van der Waals surface area contributed by atoms with Crippen molar-refractivity contribution in [3.05, 3.63) is 24.3 Å². The van der Waals surface area contributed by atoms with Gasteiger partial charge in [0.2, 0.25) is 0 Å². The van der Waals surface area contributed by atoms with E-state index in [1.165, 1.54) is 0 Å². The fourth-order valence-electron chi connectivity index (χ4n) is 0.874. The van der Waals surface area contributed by atoms with Crippen molar-refractivity contribution in [2.24, 2.45) is 0 Å². The Morgan fingerprint density at radius 1 is 0.769 bits per heavy atom. The van der Waals surface area contributed by atoms with Crippen molar-refractivity contribution in [1.82, 2.24) is 0 Å². The van der Waals surface area contributed by atoms with Crippen molar-refractivity contribution >= 4 is 0 Å². The first-order chi connectivity index (χ1) is 6.20. The molecule has 0 aliphatic heterocycles. The molecule has 0 heterocycles. The van der Waals surface area contributed by atoms with E-state index < -0.39 is 11.7 Å². The first-order valence-corrected chi connectivity index (χ1v) is 4.10. The average molecular weight is 196 g/mol. The molecule has 0 aromatic heterocycles. The molecule has 0 rings (SSSR count).